The lowest BCUT2D eigenvalue weighted by Crippen LogP contribution is -2.03. The van der Waals surface area contributed by atoms with E-state index in [2.05, 4.69) is 21.2 Å². The zero-order valence-electron chi connectivity index (χ0n) is 10.7. The minimum absolute atomic E-state index is 0.0788. The molecule has 0 heterocycles. The van der Waals surface area contributed by atoms with Gasteiger partial charge in [0.2, 0.25) is 0 Å². The van der Waals surface area contributed by atoms with Crippen LogP contribution in [-0.4, -0.2) is 4.92 Å². The predicted octanol–water partition coefficient (Wildman–Crippen LogP) is 4.93. The summed E-state index contributed by atoms with van der Waals surface area (Å²) in [4.78, 5) is 10.7. The maximum atomic E-state index is 11.0. The average molecular weight is 356 g/mol. The molecule has 2 aromatic carbocycles. The monoisotopic (exact) mass is 354 g/mol. The lowest BCUT2D eigenvalue weighted by molar-refractivity contribution is -0.384. The molecule has 0 fully saturated rings. The summed E-state index contributed by atoms with van der Waals surface area (Å²) in [6, 6.07) is 10.6. The first-order valence-electron chi connectivity index (χ1n) is 5.90. The largest absolute Gasteiger partial charge is 0.375 e. The van der Waals surface area contributed by atoms with Gasteiger partial charge in [-0.25, -0.2) is 0 Å². The van der Waals surface area contributed by atoms with Crippen molar-refractivity contribution in [1.82, 2.24) is 0 Å². The van der Waals surface area contributed by atoms with Gasteiger partial charge in [-0.1, -0.05) is 39.7 Å². The van der Waals surface area contributed by atoms with Gasteiger partial charge in [0, 0.05) is 22.1 Å². The first-order chi connectivity index (χ1) is 9.47. The molecule has 0 amide bonds. The molecule has 0 saturated heterocycles. The number of halogens is 2. The van der Waals surface area contributed by atoms with Crippen molar-refractivity contribution in [1.29, 1.82) is 0 Å². The second-order valence-corrected chi connectivity index (χ2v) is 5.66. The Hall–Kier alpha value is -1.59. The molecule has 2 aromatic rings. The molecule has 0 saturated carbocycles. The molecular weight excluding hydrogens is 344 g/mol. The molecular formula is C14H12BrClN2O2. The van der Waals surface area contributed by atoms with Crippen LogP contribution in [0.15, 0.2) is 40.9 Å². The first kappa shape index (κ1) is 14.8. The SMILES string of the molecule is Cc1ccc(NCc2ccc(Cl)cc2Br)c([N+](=O)[O-])c1. The second kappa shape index (κ2) is 6.24. The van der Waals surface area contributed by atoms with E-state index < -0.39 is 0 Å². The number of benzene rings is 2. The highest BCUT2D eigenvalue weighted by atomic mass is 79.9. The molecule has 2 rings (SSSR count). The van der Waals surface area contributed by atoms with E-state index in [9.17, 15) is 10.1 Å². The van der Waals surface area contributed by atoms with E-state index in [1.807, 2.05) is 19.1 Å². The maximum absolute atomic E-state index is 11.0. The van der Waals surface area contributed by atoms with Crippen LogP contribution in [0.4, 0.5) is 11.4 Å². The standard InChI is InChI=1S/C14H12BrClN2O2/c1-9-2-5-13(14(6-9)18(19)20)17-8-10-3-4-11(16)7-12(10)15/h2-7,17H,8H2,1H3. The normalized spacial score (nSPS) is 10.3. The fourth-order valence-corrected chi connectivity index (χ4v) is 2.62. The van der Waals surface area contributed by atoms with Gasteiger partial charge in [0.25, 0.3) is 5.69 Å². The zero-order valence-corrected chi connectivity index (χ0v) is 13.0. The van der Waals surface area contributed by atoms with E-state index in [0.717, 1.165) is 15.6 Å². The van der Waals surface area contributed by atoms with Crippen molar-refractivity contribution >= 4 is 38.9 Å². The number of nitrogens with one attached hydrogen (secondary N) is 1. The number of nitro groups is 1. The molecule has 0 aliphatic rings. The van der Waals surface area contributed by atoms with E-state index >= 15 is 0 Å². The summed E-state index contributed by atoms with van der Waals surface area (Å²) in [5, 5.41) is 14.8. The Kier molecular flexibility index (Phi) is 4.62. The van der Waals surface area contributed by atoms with E-state index in [0.29, 0.717) is 17.3 Å². The molecule has 104 valence electrons. The highest BCUT2D eigenvalue weighted by molar-refractivity contribution is 9.10. The Balaban J connectivity index is 2.20. The second-order valence-electron chi connectivity index (χ2n) is 4.37. The molecule has 0 aliphatic carbocycles. The molecule has 0 unspecified atom stereocenters. The van der Waals surface area contributed by atoms with Crippen LogP contribution < -0.4 is 5.32 Å². The van der Waals surface area contributed by atoms with Crippen molar-refractivity contribution in [3.05, 3.63) is 67.1 Å². The van der Waals surface area contributed by atoms with Crippen LogP contribution in [0.2, 0.25) is 5.02 Å². The van der Waals surface area contributed by atoms with Crippen LogP contribution in [0.25, 0.3) is 0 Å². The predicted molar refractivity (Wildman–Crippen MR) is 84.3 cm³/mol. The highest BCUT2D eigenvalue weighted by Gasteiger charge is 2.13. The quantitative estimate of drug-likeness (QED) is 0.625. The topological polar surface area (TPSA) is 55.2 Å². The van der Waals surface area contributed by atoms with E-state index in [1.54, 1.807) is 24.3 Å². The third kappa shape index (κ3) is 3.49. The van der Waals surface area contributed by atoms with Crippen LogP contribution >= 0.6 is 27.5 Å². The van der Waals surface area contributed by atoms with Gasteiger partial charge in [0.15, 0.2) is 0 Å². The van der Waals surface area contributed by atoms with Crippen LogP contribution in [-0.2, 0) is 6.54 Å². The third-order valence-corrected chi connectivity index (χ3v) is 3.81. The summed E-state index contributed by atoms with van der Waals surface area (Å²) >= 11 is 9.30. The van der Waals surface area contributed by atoms with Gasteiger partial charge in [0.05, 0.1) is 4.92 Å². The van der Waals surface area contributed by atoms with Gasteiger partial charge in [0.1, 0.15) is 5.69 Å². The number of anilines is 1. The summed E-state index contributed by atoms with van der Waals surface area (Å²) in [5.74, 6) is 0. The molecule has 6 heteroatoms. The number of nitrogens with zero attached hydrogens (tertiary/aromatic N) is 1. The Morgan fingerprint density at radius 1 is 1.30 bits per heavy atom. The Morgan fingerprint density at radius 3 is 2.70 bits per heavy atom. The van der Waals surface area contributed by atoms with Crippen molar-refractivity contribution in [2.45, 2.75) is 13.5 Å². The van der Waals surface area contributed by atoms with Crippen LogP contribution in [0, 0.1) is 17.0 Å². The lowest BCUT2D eigenvalue weighted by Gasteiger charge is -2.09. The summed E-state index contributed by atoms with van der Waals surface area (Å²) < 4.78 is 0.868. The number of hydrogen-bond donors (Lipinski definition) is 1. The molecule has 0 aliphatic heterocycles. The van der Waals surface area contributed by atoms with E-state index in [-0.39, 0.29) is 10.6 Å². The van der Waals surface area contributed by atoms with Gasteiger partial charge in [-0.3, -0.25) is 10.1 Å². The molecule has 0 spiro atoms. The summed E-state index contributed by atoms with van der Waals surface area (Å²) in [6.45, 7) is 2.30. The minimum atomic E-state index is -0.383. The Labute approximate surface area is 130 Å². The van der Waals surface area contributed by atoms with Gasteiger partial charge >= 0.3 is 0 Å². The van der Waals surface area contributed by atoms with E-state index in [4.69, 9.17) is 11.6 Å². The van der Waals surface area contributed by atoms with Crippen molar-refractivity contribution in [3.8, 4) is 0 Å². The molecule has 0 atom stereocenters. The summed E-state index contributed by atoms with van der Waals surface area (Å²) in [5.41, 5.74) is 2.41. The average Bonchev–Trinajstić information content (AvgIpc) is 2.38. The van der Waals surface area contributed by atoms with Crippen molar-refractivity contribution in [2.24, 2.45) is 0 Å². The summed E-state index contributed by atoms with van der Waals surface area (Å²) in [7, 11) is 0. The van der Waals surface area contributed by atoms with Crippen LogP contribution in [0.1, 0.15) is 11.1 Å². The first-order valence-corrected chi connectivity index (χ1v) is 7.07. The van der Waals surface area contributed by atoms with Gasteiger partial charge in [-0.05, 0) is 36.2 Å². The van der Waals surface area contributed by atoms with Crippen molar-refractivity contribution in [2.75, 3.05) is 5.32 Å². The molecule has 1 N–H and O–H groups in total. The third-order valence-electron chi connectivity index (χ3n) is 2.83. The van der Waals surface area contributed by atoms with Gasteiger partial charge in [-0.15, -0.1) is 0 Å². The molecule has 0 bridgehead atoms. The molecule has 0 radical (unpaired) electrons. The number of rotatable bonds is 4. The van der Waals surface area contributed by atoms with Crippen molar-refractivity contribution in [3.63, 3.8) is 0 Å². The summed E-state index contributed by atoms with van der Waals surface area (Å²) in [6.07, 6.45) is 0. The van der Waals surface area contributed by atoms with Crippen LogP contribution in [0.3, 0.4) is 0 Å². The number of hydrogen-bond acceptors (Lipinski definition) is 3. The highest BCUT2D eigenvalue weighted by Crippen LogP contribution is 2.27. The molecule has 20 heavy (non-hydrogen) atoms. The van der Waals surface area contributed by atoms with Gasteiger partial charge < -0.3 is 5.32 Å². The smallest absolute Gasteiger partial charge is 0.292 e. The molecule has 0 aromatic heterocycles. The fourth-order valence-electron chi connectivity index (χ4n) is 1.80. The van der Waals surface area contributed by atoms with Crippen molar-refractivity contribution < 1.29 is 4.92 Å². The fraction of sp³-hybridized carbons (Fsp3) is 0.143. The number of aryl methyl sites for hydroxylation is 1. The van der Waals surface area contributed by atoms with Gasteiger partial charge in [-0.2, -0.15) is 0 Å². The number of nitro benzene ring substituents is 1. The van der Waals surface area contributed by atoms with E-state index in [1.165, 1.54) is 0 Å². The Bertz CT molecular complexity index is 662. The maximum Gasteiger partial charge on any atom is 0.292 e. The minimum Gasteiger partial charge on any atom is -0.375 e. The van der Waals surface area contributed by atoms with Crippen LogP contribution in [0.5, 0.6) is 0 Å². The lowest BCUT2D eigenvalue weighted by atomic mass is 10.1. The zero-order chi connectivity index (χ0) is 14.7. The molecule has 4 nitrogen and oxygen atoms in total. The Morgan fingerprint density at radius 2 is 2.05 bits per heavy atom.